The van der Waals surface area contributed by atoms with Gasteiger partial charge in [0.05, 0.1) is 18.3 Å². The zero-order valence-electron chi connectivity index (χ0n) is 12.8. The minimum Gasteiger partial charge on any atom is -0.351 e. The van der Waals surface area contributed by atoms with Crippen LogP contribution in [0.3, 0.4) is 0 Å². The SMILES string of the molecule is CN=C(NCc1ccnn1C)NC(C)c1ccc(Cl)cc1Cl. The molecule has 0 amide bonds. The number of rotatable bonds is 4. The van der Waals surface area contributed by atoms with Crippen LogP contribution >= 0.6 is 23.2 Å². The number of aromatic nitrogens is 2. The maximum Gasteiger partial charge on any atom is 0.191 e. The van der Waals surface area contributed by atoms with E-state index in [0.717, 1.165) is 11.3 Å². The molecule has 1 aromatic heterocycles. The highest BCUT2D eigenvalue weighted by Gasteiger charge is 2.12. The third-order valence-electron chi connectivity index (χ3n) is 3.37. The molecule has 0 bridgehead atoms. The van der Waals surface area contributed by atoms with E-state index in [-0.39, 0.29) is 6.04 Å². The van der Waals surface area contributed by atoms with Crippen LogP contribution in [0.4, 0.5) is 0 Å². The van der Waals surface area contributed by atoms with E-state index in [9.17, 15) is 0 Å². The van der Waals surface area contributed by atoms with Gasteiger partial charge in [-0.2, -0.15) is 5.10 Å². The van der Waals surface area contributed by atoms with Crippen LogP contribution in [0.5, 0.6) is 0 Å². The van der Waals surface area contributed by atoms with Gasteiger partial charge in [-0.1, -0.05) is 29.3 Å². The molecule has 0 saturated carbocycles. The normalized spacial score (nSPS) is 13.0. The molecule has 0 radical (unpaired) electrons. The molecule has 1 atom stereocenters. The van der Waals surface area contributed by atoms with Crippen LogP contribution in [0.1, 0.15) is 24.2 Å². The van der Waals surface area contributed by atoms with Gasteiger partial charge in [-0.3, -0.25) is 9.67 Å². The second-order valence-corrected chi connectivity index (χ2v) is 5.75. The lowest BCUT2D eigenvalue weighted by Gasteiger charge is -2.19. The summed E-state index contributed by atoms with van der Waals surface area (Å²) in [6.07, 6.45) is 1.77. The van der Waals surface area contributed by atoms with Gasteiger partial charge in [0.25, 0.3) is 0 Å². The number of aryl methyl sites for hydroxylation is 1. The lowest BCUT2D eigenvalue weighted by atomic mass is 10.1. The molecule has 0 aliphatic carbocycles. The lowest BCUT2D eigenvalue weighted by molar-refractivity contribution is 0.659. The van der Waals surface area contributed by atoms with E-state index >= 15 is 0 Å². The van der Waals surface area contributed by atoms with E-state index in [0.29, 0.717) is 22.5 Å². The Bertz CT molecular complexity index is 666. The Morgan fingerprint density at radius 1 is 1.36 bits per heavy atom. The molecule has 2 rings (SSSR count). The molecular weight excluding hydrogens is 321 g/mol. The maximum atomic E-state index is 6.23. The summed E-state index contributed by atoms with van der Waals surface area (Å²) >= 11 is 12.2. The Morgan fingerprint density at radius 3 is 2.73 bits per heavy atom. The van der Waals surface area contributed by atoms with Gasteiger partial charge >= 0.3 is 0 Å². The number of benzene rings is 1. The van der Waals surface area contributed by atoms with E-state index in [1.807, 2.05) is 36.9 Å². The van der Waals surface area contributed by atoms with Gasteiger partial charge in [-0.25, -0.2) is 0 Å². The first-order valence-electron chi connectivity index (χ1n) is 6.90. The lowest BCUT2D eigenvalue weighted by Crippen LogP contribution is -2.38. The summed E-state index contributed by atoms with van der Waals surface area (Å²) in [5, 5.41) is 12.0. The van der Waals surface area contributed by atoms with Crippen LogP contribution in [0.25, 0.3) is 0 Å². The number of aliphatic imine (C=N–C) groups is 1. The van der Waals surface area contributed by atoms with Crippen molar-refractivity contribution in [3.8, 4) is 0 Å². The van der Waals surface area contributed by atoms with Crippen LogP contribution in [0.2, 0.25) is 10.0 Å². The molecular formula is C15H19Cl2N5. The molecule has 2 N–H and O–H groups in total. The molecule has 0 aliphatic heterocycles. The first kappa shape index (κ1) is 16.6. The molecule has 0 saturated heterocycles. The van der Waals surface area contributed by atoms with Crippen molar-refractivity contribution in [2.75, 3.05) is 7.05 Å². The fourth-order valence-corrected chi connectivity index (χ4v) is 2.65. The summed E-state index contributed by atoms with van der Waals surface area (Å²) < 4.78 is 1.82. The minimum atomic E-state index is 0.00232. The van der Waals surface area contributed by atoms with Crippen molar-refractivity contribution in [3.63, 3.8) is 0 Å². The highest BCUT2D eigenvalue weighted by molar-refractivity contribution is 6.35. The number of nitrogens with one attached hydrogen (secondary N) is 2. The molecule has 0 fully saturated rings. The van der Waals surface area contributed by atoms with E-state index in [2.05, 4.69) is 20.7 Å². The quantitative estimate of drug-likeness (QED) is 0.664. The summed E-state index contributed by atoms with van der Waals surface area (Å²) in [6, 6.07) is 7.44. The summed E-state index contributed by atoms with van der Waals surface area (Å²) in [7, 11) is 3.64. The van der Waals surface area contributed by atoms with E-state index < -0.39 is 0 Å². The van der Waals surface area contributed by atoms with Gasteiger partial charge in [-0.15, -0.1) is 0 Å². The van der Waals surface area contributed by atoms with Crippen molar-refractivity contribution in [3.05, 3.63) is 51.8 Å². The van der Waals surface area contributed by atoms with Gasteiger partial charge < -0.3 is 10.6 Å². The predicted octanol–water partition coefficient (Wildman–Crippen LogP) is 3.15. The van der Waals surface area contributed by atoms with Crippen LogP contribution < -0.4 is 10.6 Å². The smallest absolute Gasteiger partial charge is 0.191 e. The van der Waals surface area contributed by atoms with E-state index in [4.69, 9.17) is 23.2 Å². The number of hydrogen-bond donors (Lipinski definition) is 2. The van der Waals surface area contributed by atoms with Gasteiger partial charge in [0.15, 0.2) is 5.96 Å². The third-order valence-corrected chi connectivity index (χ3v) is 3.93. The average molecular weight is 340 g/mol. The third kappa shape index (κ3) is 4.15. The Kier molecular flexibility index (Phi) is 5.69. The van der Waals surface area contributed by atoms with Crippen LogP contribution in [-0.4, -0.2) is 22.8 Å². The van der Waals surface area contributed by atoms with Crippen molar-refractivity contribution < 1.29 is 0 Å². The van der Waals surface area contributed by atoms with Crippen LogP contribution in [0.15, 0.2) is 35.5 Å². The van der Waals surface area contributed by atoms with Crippen molar-refractivity contribution in [1.82, 2.24) is 20.4 Å². The monoisotopic (exact) mass is 339 g/mol. The average Bonchev–Trinajstić information content (AvgIpc) is 2.88. The molecule has 5 nitrogen and oxygen atoms in total. The van der Waals surface area contributed by atoms with Gasteiger partial charge in [0.2, 0.25) is 0 Å². The number of hydrogen-bond acceptors (Lipinski definition) is 2. The van der Waals surface area contributed by atoms with Gasteiger partial charge in [0, 0.05) is 30.3 Å². The summed E-state index contributed by atoms with van der Waals surface area (Å²) in [5.41, 5.74) is 2.04. The molecule has 118 valence electrons. The standard InChI is InChI=1S/C15H19Cl2N5/c1-10(13-5-4-11(16)8-14(13)17)21-15(18-2)19-9-12-6-7-20-22(12)3/h4-8,10H,9H2,1-3H3,(H2,18,19,21). The van der Waals surface area contributed by atoms with Crippen LogP contribution in [-0.2, 0) is 13.6 Å². The predicted molar refractivity (Wildman–Crippen MR) is 91.4 cm³/mol. The zero-order chi connectivity index (χ0) is 16.1. The fourth-order valence-electron chi connectivity index (χ4n) is 2.08. The topological polar surface area (TPSA) is 54.2 Å². The molecule has 1 unspecified atom stereocenters. The molecule has 22 heavy (non-hydrogen) atoms. The van der Waals surface area contributed by atoms with Gasteiger partial charge in [0.1, 0.15) is 0 Å². The number of nitrogens with zero attached hydrogens (tertiary/aromatic N) is 3. The van der Waals surface area contributed by atoms with Crippen molar-refractivity contribution in [1.29, 1.82) is 0 Å². The van der Waals surface area contributed by atoms with Gasteiger partial charge in [-0.05, 0) is 30.7 Å². The molecule has 0 aliphatic rings. The summed E-state index contributed by atoms with van der Waals surface area (Å²) in [6.45, 7) is 2.66. The van der Waals surface area contributed by atoms with Crippen molar-refractivity contribution >= 4 is 29.2 Å². The van der Waals surface area contributed by atoms with E-state index in [1.54, 1.807) is 19.3 Å². The highest BCUT2D eigenvalue weighted by atomic mass is 35.5. The molecule has 1 heterocycles. The first-order valence-corrected chi connectivity index (χ1v) is 7.66. The zero-order valence-corrected chi connectivity index (χ0v) is 14.3. The minimum absolute atomic E-state index is 0.00232. The number of halogens is 2. The Labute approximate surface area is 140 Å². The largest absolute Gasteiger partial charge is 0.351 e. The molecule has 1 aromatic carbocycles. The fraction of sp³-hybridized carbons (Fsp3) is 0.333. The summed E-state index contributed by atoms with van der Waals surface area (Å²) in [5.74, 6) is 0.694. The Morgan fingerprint density at radius 2 is 2.14 bits per heavy atom. The summed E-state index contributed by atoms with van der Waals surface area (Å²) in [4.78, 5) is 4.23. The van der Waals surface area contributed by atoms with Crippen molar-refractivity contribution in [2.24, 2.45) is 12.0 Å². The second-order valence-electron chi connectivity index (χ2n) is 4.90. The number of guanidine groups is 1. The van der Waals surface area contributed by atoms with Crippen molar-refractivity contribution in [2.45, 2.75) is 19.5 Å². The molecule has 2 aromatic rings. The first-order chi connectivity index (χ1) is 10.5. The Hall–Kier alpha value is -1.72. The van der Waals surface area contributed by atoms with Crippen LogP contribution in [0, 0.1) is 0 Å². The highest BCUT2D eigenvalue weighted by Crippen LogP contribution is 2.25. The van der Waals surface area contributed by atoms with E-state index in [1.165, 1.54) is 0 Å². The molecule has 0 spiro atoms. The second kappa shape index (κ2) is 7.51. The Balaban J connectivity index is 1.99. The molecule has 7 heteroatoms. The maximum absolute atomic E-state index is 6.23.